The fourth-order valence-electron chi connectivity index (χ4n) is 1.69. The maximum Gasteiger partial charge on any atom is 0.304 e. The highest BCUT2D eigenvalue weighted by atomic mass is 16.7. The van der Waals surface area contributed by atoms with E-state index in [2.05, 4.69) is 0 Å². The number of carbonyl (C=O) groups is 2. The van der Waals surface area contributed by atoms with Crippen LogP contribution >= 0.6 is 0 Å². The van der Waals surface area contributed by atoms with Crippen molar-refractivity contribution in [2.75, 3.05) is 6.61 Å². The van der Waals surface area contributed by atoms with E-state index >= 15 is 0 Å². The summed E-state index contributed by atoms with van der Waals surface area (Å²) in [6.45, 7) is 4.41. The molecular weight excluding hydrogens is 228 g/mol. The Bertz CT molecular complexity index is 290. The van der Waals surface area contributed by atoms with Crippen LogP contribution in [0.15, 0.2) is 0 Å². The van der Waals surface area contributed by atoms with Gasteiger partial charge in [-0.3, -0.25) is 9.59 Å². The summed E-state index contributed by atoms with van der Waals surface area (Å²) in [6.07, 6.45) is -1.66. The molecule has 6 nitrogen and oxygen atoms in total. The fraction of sp³-hybridized carbons (Fsp3) is 0.818. The highest BCUT2D eigenvalue weighted by molar-refractivity contribution is 5.66. The van der Waals surface area contributed by atoms with Crippen molar-refractivity contribution in [1.29, 1.82) is 0 Å². The molecule has 0 bridgehead atoms. The Kier molecular flexibility index (Phi) is 4.89. The lowest BCUT2D eigenvalue weighted by Crippen LogP contribution is -2.46. The van der Waals surface area contributed by atoms with Crippen molar-refractivity contribution in [3.8, 4) is 0 Å². The van der Waals surface area contributed by atoms with E-state index in [1.165, 1.54) is 13.8 Å². The number of ether oxygens (including phenoxy) is 3. The summed E-state index contributed by atoms with van der Waals surface area (Å²) in [4.78, 5) is 21.5. The SMILES string of the molecule is CC(=O)OCC1OC(OC(C)=O)CC(O)C1C. The van der Waals surface area contributed by atoms with Crippen molar-refractivity contribution in [1.82, 2.24) is 0 Å². The van der Waals surface area contributed by atoms with Gasteiger partial charge in [0, 0.05) is 26.2 Å². The molecule has 1 aliphatic rings. The molecule has 1 saturated heterocycles. The predicted octanol–water partition coefficient (Wildman–Crippen LogP) is 0.225. The summed E-state index contributed by atoms with van der Waals surface area (Å²) in [5.41, 5.74) is 0. The molecule has 17 heavy (non-hydrogen) atoms. The zero-order valence-corrected chi connectivity index (χ0v) is 10.2. The van der Waals surface area contributed by atoms with Crippen molar-refractivity contribution in [3.05, 3.63) is 0 Å². The van der Waals surface area contributed by atoms with E-state index in [-0.39, 0.29) is 18.9 Å². The zero-order chi connectivity index (χ0) is 13.0. The number of carbonyl (C=O) groups excluding carboxylic acids is 2. The maximum atomic E-state index is 10.8. The van der Waals surface area contributed by atoms with Gasteiger partial charge in [-0.05, 0) is 0 Å². The molecular formula is C11H18O6. The van der Waals surface area contributed by atoms with Crippen LogP contribution in [0.2, 0.25) is 0 Å². The fourth-order valence-corrected chi connectivity index (χ4v) is 1.69. The van der Waals surface area contributed by atoms with Gasteiger partial charge in [0.2, 0.25) is 6.29 Å². The molecule has 1 rings (SSSR count). The maximum absolute atomic E-state index is 10.8. The van der Waals surface area contributed by atoms with Crippen LogP contribution < -0.4 is 0 Å². The predicted molar refractivity (Wildman–Crippen MR) is 56.8 cm³/mol. The molecule has 4 unspecified atom stereocenters. The van der Waals surface area contributed by atoms with Gasteiger partial charge in [0.15, 0.2) is 0 Å². The van der Waals surface area contributed by atoms with E-state index < -0.39 is 30.4 Å². The highest BCUT2D eigenvalue weighted by Gasteiger charge is 2.37. The van der Waals surface area contributed by atoms with E-state index in [1.54, 1.807) is 6.92 Å². The molecule has 0 spiro atoms. The van der Waals surface area contributed by atoms with Crippen LogP contribution in [0.4, 0.5) is 0 Å². The van der Waals surface area contributed by atoms with Gasteiger partial charge >= 0.3 is 11.9 Å². The van der Waals surface area contributed by atoms with Crippen molar-refractivity contribution >= 4 is 11.9 Å². The minimum Gasteiger partial charge on any atom is -0.463 e. The number of aliphatic hydroxyl groups excluding tert-OH is 1. The summed E-state index contributed by atoms with van der Waals surface area (Å²) in [5, 5.41) is 9.78. The Morgan fingerprint density at radius 1 is 1.35 bits per heavy atom. The number of hydrogen-bond acceptors (Lipinski definition) is 6. The molecule has 4 atom stereocenters. The van der Waals surface area contributed by atoms with Crippen LogP contribution in [0.1, 0.15) is 27.2 Å². The lowest BCUT2D eigenvalue weighted by Gasteiger charge is -2.37. The monoisotopic (exact) mass is 246 g/mol. The van der Waals surface area contributed by atoms with Gasteiger partial charge in [0.05, 0.1) is 6.10 Å². The first-order valence-corrected chi connectivity index (χ1v) is 5.54. The van der Waals surface area contributed by atoms with Crippen LogP contribution in [0.25, 0.3) is 0 Å². The Balaban J connectivity index is 2.54. The van der Waals surface area contributed by atoms with Crippen LogP contribution in [0.3, 0.4) is 0 Å². The quantitative estimate of drug-likeness (QED) is 0.717. The smallest absolute Gasteiger partial charge is 0.304 e. The van der Waals surface area contributed by atoms with Crippen LogP contribution in [0.5, 0.6) is 0 Å². The van der Waals surface area contributed by atoms with E-state index in [0.29, 0.717) is 0 Å². The Labute approximate surface area is 99.8 Å². The molecule has 1 aliphatic heterocycles. The first-order chi connectivity index (χ1) is 7.90. The number of rotatable bonds is 3. The zero-order valence-electron chi connectivity index (χ0n) is 10.2. The molecule has 1 fully saturated rings. The minimum absolute atomic E-state index is 0.0469. The first kappa shape index (κ1) is 13.9. The van der Waals surface area contributed by atoms with Crippen molar-refractivity contribution < 1.29 is 28.9 Å². The topological polar surface area (TPSA) is 82.1 Å². The second-order valence-corrected chi connectivity index (χ2v) is 4.18. The Hall–Kier alpha value is -1.14. The molecule has 98 valence electrons. The summed E-state index contributed by atoms with van der Waals surface area (Å²) in [5.74, 6) is -1.06. The van der Waals surface area contributed by atoms with E-state index in [0.717, 1.165) is 0 Å². The number of esters is 2. The van der Waals surface area contributed by atoms with Crippen molar-refractivity contribution in [3.63, 3.8) is 0 Å². The van der Waals surface area contributed by atoms with Gasteiger partial charge in [-0.25, -0.2) is 0 Å². The molecule has 0 amide bonds. The summed E-state index contributed by atoms with van der Waals surface area (Å²) >= 11 is 0. The van der Waals surface area contributed by atoms with Crippen molar-refractivity contribution in [2.45, 2.75) is 45.7 Å². The van der Waals surface area contributed by atoms with Crippen LogP contribution in [-0.4, -0.2) is 42.1 Å². The van der Waals surface area contributed by atoms with E-state index in [9.17, 15) is 14.7 Å². The summed E-state index contributed by atoms with van der Waals surface area (Å²) in [6, 6.07) is 0. The molecule has 0 radical (unpaired) electrons. The minimum atomic E-state index is -0.778. The van der Waals surface area contributed by atoms with Gasteiger partial charge in [0.25, 0.3) is 0 Å². The highest BCUT2D eigenvalue weighted by Crippen LogP contribution is 2.26. The molecule has 1 N–H and O–H groups in total. The lowest BCUT2D eigenvalue weighted by atomic mass is 9.93. The summed E-state index contributed by atoms with van der Waals surface area (Å²) in [7, 11) is 0. The van der Waals surface area contributed by atoms with Gasteiger partial charge in [-0.1, -0.05) is 6.92 Å². The van der Waals surface area contributed by atoms with Crippen LogP contribution in [-0.2, 0) is 23.8 Å². The summed E-state index contributed by atoms with van der Waals surface area (Å²) < 4.78 is 15.2. The number of aliphatic hydroxyl groups is 1. The molecule has 1 heterocycles. The van der Waals surface area contributed by atoms with Gasteiger partial charge in [-0.15, -0.1) is 0 Å². The number of hydrogen-bond donors (Lipinski definition) is 1. The average molecular weight is 246 g/mol. The molecule has 6 heteroatoms. The van der Waals surface area contributed by atoms with Crippen LogP contribution in [0, 0.1) is 5.92 Å². The average Bonchev–Trinajstić information content (AvgIpc) is 2.20. The molecule has 0 aromatic carbocycles. The second-order valence-electron chi connectivity index (χ2n) is 4.18. The third-order valence-electron chi connectivity index (χ3n) is 2.70. The molecule has 0 aromatic heterocycles. The largest absolute Gasteiger partial charge is 0.463 e. The Morgan fingerprint density at radius 3 is 2.53 bits per heavy atom. The molecule has 0 aliphatic carbocycles. The van der Waals surface area contributed by atoms with Gasteiger partial charge in [-0.2, -0.15) is 0 Å². The third kappa shape index (κ3) is 4.32. The van der Waals surface area contributed by atoms with Crippen molar-refractivity contribution in [2.24, 2.45) is 5.92 Å². The second kappa shape index (κ2) is 5.97. The first-order valence-electron chi connectivity index (χ1n) is 5.54. The molecule has 0 saturated carbocycles. The van der Waals surface area contributed by atoms with E-state index in [1.807, 2.05) is 0 Å². The van der Waals surface area contributed by atoms with Gasteiger partial charge < -0.3 is 19.3 Å². The third-order valence-corrected chi connectivity index (χ3v) is 2.70. The normalized spacial score (nSPS) is 32.9. The Morgan fingerprint density at radius 2 is 2.00 bits per heavy atom. The van der Waals surface area contributed by atoms with E-state index in [4.69, 9.17) is 14.2 Å². The standard InChI is InChI=1S/C11H18O6/c1-6-9(14)4-11(16-8(3)13)17-10(6)5-15-7(2)12/h6,9-11,14H,4-5H2,1-3H3. The lowest BCUT2D eigenvalue weighted by molar-refractivity contribution is -0.237. The molecule has 0 aromatic rings. The van der Waals surface area contributed by atoms with Gasteiger partial charge in [0.1, 0.15) is 12.7 Å².